The molecule has 4 rings (SSSR count). The highest BCUT2D eigenvalue weighted by Crippen LogP contribution is 2.44. The lowest BCUT2D eigenvalue weighted by molar-refractivity contribution is -0.139. The fourth-order valence-corrected chi connectivity index (χ4v) is 5.49. The second-order valence-corrected chi connectivity index (χ2v) is 9.75. The van der Waals surface area contributed by atoms with E-state index in [-0.39, 0.29) is 36.7 Å². The minimum Gasteiger partial charge on any atom is -0.481 e. The molecular formula is C28H34N2O5. The third-order valence-electron chi connectivity index (χ3n) is 7.67. The molecule has 35 heavy (non-hydrogen) atoms. The summed E-state index contributed by atoms with van der Waals surface area (Å²) in [5.41, 5.74) is 3.55. The summed E-state index contributed by atoms with van der Waals surface area (Å²) in [4.78, 5) is 36.7. The number of nitrogens with one attached hydrogen (secondary N) is 2. The van der Waals surface area contributed by atoms with Crippen molar-refractivity contribution in [2.45, 2.75) is 57.4 Å². The molecule has 0 aliphatic heterocycles. The lowest BCUT2D eigenvalue weighted by Gasteiger charge is -2.36. The van der Waals surface area contributed by atoms with Gasteiger partial charge in [0.2, 0.25) is 5.91 Å². The summed E-state index contributed by atoms with van der Waals surface area (Å²) in [7, 11) is 0. The van der Waals surface area contributed by atoms with Gasteiger partial charge in [0.05, 0.1) is 0 Å². The Morgan fingerprint density at radius 1 is 0.943 bits per heavy atom. The van der Waals surface area contributed by atoms with Crippen molar-refractivity contribution < 1.29 is 24.2 Å². The molecule has 2 amide bonds. The van der Waals surface area contributed by atoms with Crippen molar-refractivity contribution >= 4 is 18.0 Å². The van der Waals surface area contributed by atoms with Crippen molar-refractivity contribution in [2.75, 3.05) is 13.2 Å². The number of aliphatic carboxylic acids is 1. The standard InChI is InChI=1S/C28H34N2O5/c1-3-28(4-2,26(33)29-16-19-13-18(14-19)15-25(31)32)30-27(34)35-17-24-22-11-7-5-9-20(22)21-10-6-8-12-23(21)24/h5-12,18-19,24H,3-4,13-17H2,1-2H3,(H,29,33)(H,30,34)(H,31,32). The molecule has 2 aliphatic rings. The quantitative estimate of drug-likeness (QED) is 0.459. The number of alkyl carbamates (subject to hydrolysis) is 1. The van der Waals surface area contributed by atoms with E-state index in [2.05, 4.69) is 34.9 Å². The SMILES string of the molecule is CCC(CC)(NC(=O)OCC1c2ccccc2-c2ccccc21)C(=O)NCC1CC(CC(=O)O)C1. The average Bonchev–Trinajstić information content (AvgIpc) is 3.16. The first-order valence-corrected chi connectivity index (χ1v) is 12.5. The van der Waals surface area contributed by atoms with Crippen LogP contribution >= 0.6 is 0 Å². The molecule has 0 aromatic heterocycles. The van der Waals surface area contributed by atoms with Gasteiger partial charge in [-0.25, -0.2) is 4.79 Å². The van der Waals surface area contributed by atoms with Gasteiger partial charge in [-0.05, 0) is 59.8 Å². The molecular weight excluding hydrogens is 444 g/mol. The molecule has 0 heterocycles. The van der Waals surface area contributed by atoms with Crippen molar-refractivity contribution in [1.82, 2.24) is 10.6 Å². The van der Waals surface area contributed by atoms with Crippen molar-refractivity contribution in [3.63, 3.8) is 0 Å². The first kappa shape index (κ1) is 24.8. The summed E-state index contributed by atoms with van der Waals surface area (Å²) in [5.74, 6) is -0.574. The Labute approximate surface area is 206 Å². The molecule has 7 nitrogen and oxygen atoms in total. The number of carboxylic acids is 1. The maximum atomic E-state index is 13.1. The number of carbonyl (C=O) groups excluding carboxylic acids is 2. The highest BCUT2D eigenvalue weighted by Gasteiger charge is 2.39. The number of carboxylic acid groups (broad SMARTS) is 1. The molecule has 186 valence electrons. The molecule has 0 radical (unpaired) electrons. The van der Waals surface area contributed by atoms with Crippen LogP contribution < -0.4 is 10.6 Å². The van der Waals surface area contributed by atoms with E-state index in [1.807, 2.05) is 38.1 Å². The number of hydrogen-bond donors (Lipinski definition) is 3. The first-order chi connectivity index (χ1) is 16.9. The fraction of sp³-hybridized carbons (Fsp3) is 0.464. The molecule has 0 spiro atoms. The number of ether oxygens (including phenoxy) is 1. The predicted octanol–water partition coefficient (Wildman–Crippen LogP) is 4.70. The van der Waals surface area contributed by atoms with Gasteiger partial charge < -0.3 is 20.5 Å². The Morgan fingerprint density at radius 3 is 2.06 bits per heavy atom. The zero-order chi connectivity index (χ0) is 25.0. The minimum atomic E-state index is -1.05. The van der Waals surface area contributed by atoms with Gasteiger partial charge in [0.1, 0.15) is 12.1 Å². The summed E-state index contributed by atoms with van der Waals surface area (Å²) in [5, 5.41) is 14.7. The number of carbonyl (C=O) groups is 3. The van der Waals surface area contributed by atoms with Crippen LogP contribution in [0.4, 0.5) is 4.79 Å². The van der Waals surface area contributed by atoms with Crippen LogP contribution in [0, 0.1) is 11.8 Å². The van der Waals surface area contributed by atoms with Crippen molar-refractivity contribution in [2.24, 2.45) is 11.8 Å². The van der Waals surface area contributed by atoms with Gasteiger partial charge in [-0.2, -0.15) is 0 Å². The molecule has 2 aromatic rings. The van der Waals surface area contributed by atoms with Crippen molar-refractivity contribution in [1.29, 1.82) is 0 Å². The first-order valence-electron chi connectivity index (χ1n) is 12.5. The van der Waals surface area contributed by atoms with Crippen LogP contribution in [-0.2, 0) is 14.3 Å². The van der Waals surface area contributed by atoms with E-state index in [1.54, 1.807) is 0 Å². The van der Waals surface area contributed by atoms with E-state index in [1.165, 1.54) is 0 Å². The lowest BCUT2D eigenvalue weighted by Crippen LogP contribution is -2.59. The Bertz CT molecular complexity index is 1040. The highest BCUT2D eigenvalue weighted by atomic mass is 16.5. The molecule has 1 saturated carbocycles. The Kier molecular flexibility index (Phi) is 7.43. The van der Waals surface area contributed by atoms with E-state index in [0.717, 1.165) is 35.1 Å². The maximum Gasteiger partial charge on any atom is 0.408 e. The van der Waals surface area contributed by atoms with Crippen LogP contribution in [0.3, 0.4) is 0 Å². The van der Waals surface area contributed by atoms with Crippen molar-refractivity contribution in [3.8, 4) is 11.1 Å². The van der Waals surface area contributed by atoms with Gasteiger partial charge in [-0.15, -0.1) is 0 Å². The second-order valence-electron chi connectivity index (χ2n) is 9.75. The number of benzene rings is 2. The lowest BCUT2D eigenvalue weighted by atomic mass is 9.73. The molecule has 1 fully saturated rings. The Balaban J connectivity index is 1.33. The van der Waals surface area contributed by atoms with Crippen molar-refractivity contribution in [3.05, 3.63) is 59.7 Å². The van der Waals surface area contributed by atoms with Crippen LogP contribution in [0.25, 0.3) is 11.1 Å². The van der Waals surface area contributed by atoms with Gasteiger partial charge in [0.25, 0.3) is 0 Å². The Hall–Kier alpha value is -3.35. The largest absolute Gasteiger partial charge is 0.481 e. The normalized spacial score (nSPS) is 18.7. The van der Waals surface area contributed by atoms with Crippen LogP contribution in [0.5, 0.6) is 0 Å². The van der Waals surface area contributed by atoms with E-state index >= 15 is 0 Å². The van der Waals surface area contributed by atoms with Crippen LogP contribution in [0.2, 0.25) is 0 Å². The third kappa shape index (κ3) is 5.19. The number of rotatable bonds is 10. The van der Waals surface area contributed by atoms with Gasteiger partial charge >= 0.3 is 12.1 Å². The number of hydrogen-bond acceptors (Lipinski definition) is 4. The summed E-state index contributed by atoms with van der Waals surface area (Å²) in [6, 6.07) is 16.3. The second kappa shape index (κ2) is 10.5. The molecule has 0 atom stereocenters. The predicted molar refractivity (Wildman–Crippen MR) is 133 cm³/mol. The van der Waals surface area contributed by atoms with E-state index < -0.39 is 17.6 Å². The zero-order valence-corrected chi connectivity index (χ0v) is 20.4. The summed E-state index contributed by atoms with van der Waals surface area (Å²) in [6.45, 7) is 4.43. The van der Waals surface area contributed by atoms with Gasteiger partial charge in [-0.3, -0.25) is 9.59 Å². The molecule has 7 heteroatoms. The van der Waals surface area contributed by atoms with Gasteiger partial charge in [-0.1, -0.05) is 62.4 Å². The summed E-state index contributed by atoms with van der Waals surface area (Å²) in [6.07, 6.45) is 2.06. The molecule has 0 bridgehead atoms. The smallest absolute Gasteiger partial charge is 0.408 e. The number of fused-ring (bicyclic) bond motifs is 3. The highest BCUT2D eigenvalue weighted by molar-refractivity contribution is 5.90. The van der Waals surface area contributed by atoms with Gasteiger partial charge in [0.15, 0.2) is 0 Å². The zero-order valence-electron chi connectivity index (χ0n) is 20.4. The van der Waals surface area contributed by atoms with E-state index in [4.69, 9.17) is 9.84 Å². The van der Waals surface area contributed by atoms with E-state index in [9.17, 15) is 14.4 Å². The molecule has 0 unspecified atom stereocenters. The minimum absolute atomic E-state index is 0.0444. The summed E-state index contributed by atoms with van der Waals surface area (Å²) >= 11 is 0. The maximum absolute atomic E-state index is 13.1. The third-order valence-corrected chi connectivity index (χ3v) is 7.67. The molecule has 0 saturated heterocycles. The molecule has 2 aromatic carbocycles. The topological polar surface area (TPSA) is 105 Å². The Morgan fingerprint density at radius 2 is 1.51 bits per heavy atom. The van der Waals surface area contributed by atoms with Crippen LogP contribution in [0.15, 0.2) is 48.5 Å². The average molecular weight is 479 g/mol. The van der Waals surface area contributed by atoms with E-state index in [0.29, 0.717) is 19.4 Å². The number of amides is 2. The summed E-state index contributed by atoms with van der Waals surface area (Å²) < 4.78 is 5.67. The van der Waals surface area contributed by atoms with Crippen LogP contribution in [-0.4, -0.2) is 41.8 Å². The molecule has 2 aliphatic carbocycles. The fourth-order valence-electron chi connectivity index (χ4n) is 5.49. The monoisotopic (exact) mass is 478 g/mol. The van der Waals surface area contributed by atoms with Gasteiger partial charge in [0, 0.05) is 18.9 Å². The molecule has 3 N–H and O–H groups in total. The van der Waals surface area contributed by atoms with Crippen LogP contribution in [0.1, 0.15) is 63.0 Å².